The van der Waals surface area contributed by atoms with Crippen LogP contribution in [0.5, 0.6) is 0 Å². The molecule has 0 aliphatic rings. The highest BCUT2D eigenvalue weighted by Gasteiger charge is 1.93. The van der Waals surface area contributed by atoms with Crippen molar-refractivity contribution < 1.29 is 4.74 Å². The van der Waals surface area contributed by atoms with Gasteiger partial charge in [0.25, 0.3) is 0 Å². The van der Waals surface area contributed by atoms with E-state index >= 15 is 0 Å². The van der Waals surface area contributed by atoms with E-state index < -0.39 is 0 Å². The minimum Gasteiger partial charge on any atom is -0.364 e. The van der Waals surface area contributed by atoms with E-state index in [1.165, 1.54) is 36.8 Å². The van der Waals surface area contributed by atoms with Gasteiger partial charge in [-0.05, 0) is 17.5 Å². The van der Waals surface area contributed by atoms with Gasteiger partial charge in [0.2, 0.25) is 0 Å². The van der Waals surface area contributed by atoms with E-state index in [-0.39, 0.29) is 0 Å². The Balaban J connectivity index is 2.08. The van der Waals surface area contributed by atoms with Crippen LogP contribution in [0.2, 0.25) is 0 Å². The molecule has 0 unspecified atom stereocenters. The molecular weight excluding hydrogens is 347 g/mol. The monoisotopic (exact) mass is 370 g/mol. The van der Waals surface area contributed by atoms with Crippen molar-refractivity contribution in [3.05, 3.63) is 35.4 Å². The van der Waals surface area contributed by atoms with E-state index in [1.54, 1.807) is 0 Å². The summed E-state index contributed by atoms with van der Waals surface area (Å²) in [5.41, 5.74) is 2.58. The molecule has 0 aliphatic carbocycles. The standard InChI is InChI=1S/C17H23IO/c1-2-3-4-5-6-7-8-13-19-15-17-11-9-16(14-18)10-12-17/h9-12H,2-6,13-15H2,1H3. The predicted octanol–water partition coefficient (Wildman–Crippen LogP) is 5.11. The van der Waals surface area contributed by atoms with Gasteiger partial charge in [-0.2, -0.15) is 0 Å². The zero-order valence-corrected chi connectivity index (χ0v) is 13.9. The van der Waals surface area contributed by atoms with Gasteiger partial charge < -0.3 is 4.74 Å². The van der Waals surface area contributed by atoms with Crippen molar-refractivity contribution in [1.29, 1.82) is 0 Å². The number of ether oxygens (including phenoxy) is 1. The van der Waals surface area contributed by atoms with Crippen LogP contribution >= 0.6 is 22.6 Å². The lowest BCUT2D eigenvalue weighted by Gasteiger charge is -2.01. The fraction of sp³-hybridized carbons (Fsp3) is 0.529. The van der Waals surface area contributed by atoms with E-state index in [2.05, 4.69) is 65.6 Å². The number of unbranched alkanes of at least 4 members (excludes halogenated alkanes) is 4. The number of hydrogen-bond acceptors (Lipinski definition) is 1. The average molecular weight is 370 g/mol. The lowest BCUT2D eigenvalue weighted by atomic mass is 10.2. The summed E-state index contributed by atoms with van der Waals surface area (Å²) in [5, 5.41) is 0. The Labute approximate surface area is 131 Å². The van der Waals surface area contributed by atoms with Crippen molar-refractivity contribution in [2.24, 2.45) is 0 Å². The van der Waals surface area contributed by atoms with E-state index in [4.69, 9.17) is 4.74 Å². The summed E-state index contributed by atoms with van der Waals surface area (Å²) in [6, 6.07) is 8.58. The molecule has 0 aliphatic heterocycles. The first kappa shape index (κ1) is 16.5. The second kappa shape index (κ2) is 11.3. The van der Waals surface area contributed by atoms with Gasteiger partial charge in [-0.1, -0.05) is 79.0 Å². The van der Waals surface area contributed by atoms with Crippen LogP contribution in [-0.2, 0) is 15.8 Å². The molecule has 0 saturated heterocycles. The fourth-order valence-electron chi connectivity index (χ4n) is 1.72. The second-order valence-corrected chi connectivity index (χ2v) is 5.37. The van der Waals surface area contributed by atoms with Crippen LogP contribution in [-0.4, -0.2) is 6.61 Å². The third-order valence-corrected chi connectivity index (χ3v) is 3.78. The molecule has 1 rings (SSSR count). The van der Waals surface area contributed by atoms with Gasteiger partial charge in [-0.15, -0.1) is 5.92 Å². The van der Waals surface area contributed by atoms with Crippen molar-refractivity contribution in [2.45, 2.75) is 50.1 Å². The summed E-state index contributed by atoms with van der Waals surface area (Å²) >= 11 is 2.37. The molecule has 0 amide bonds. The summed E-state index contributed by atoms with van der Waals surface area (Å²) in [6.45, 7) is 3.43. The number of rotatable bonds is 8. The smallest absolute Gasteiger partial charge is 0.108 e. The van der Waals surface area contributed by atoms with Crippen molar-refractivity contribution in [3.8, 4) is 11.8 Å². The molecular formula is C17H23IO. The summed E-state index contributed by atoms with van der Waals surface area (Å²) in [4.78, 5) is 0. The molecule has 2 heteroatoms. The van der Waals surface area contributed by atoms with Gasteiger partial charge in [0.15, 0.2) is 0 Å². The molecule has 1 aromatic carbocycles. The van der Waals surface area contributed by atoms with Gasteiger partial charge in [0.1, 0.15) is 6.61 Å². The Morgan fingerprint density at radius 3 is 2.42 bits per heavy atom. The topological polar surface area (TPSA) is 9.23 Å². The number of halogens is 1. The lowest BCUT2D eigenvalue weighted by molar-refractivity contribution is 0.153. The van der Waals surface area contributed by atoms with E-state index in [1.807, 2.05) is 0 Å². The predicted molar refractivity (Wildman–Crippen MR) is 90.4 cm³/mol. The van der Waals surface area contributed by atoms with E-state index in [0.29, 0.717) is 13.2 Å². The molecule has 1 aromatic rings. The van der Waals surface area contributed by atoms with E-state index in [0.717, 1.165) is 10.8 Å². The van der Waals surface area contributed by atoms with Gasteiger partial charge >= 0.3 is 0 Å². The average Bonchev–Trinajstić information content (AvgIpc) is 2.46. The fourth-order valence-corrected chi connectivity index (χ4v) is 2.23. The molecule has 0 atom stereocenters. The minimum atomic E-state index is 0.543. The van der Waals surface area contributed by atoms with Crippen LogP contribution in [0, 0.1) is 11.8 Å². The zero-order valence-electron chi connectivity index (χ0n) is 11.8. The van der Waals surface area contributed by atoms with Crippen molar-refractivity contribution in [1.82, 2.24) is 0 Å². The maximum atomic E-state index is 5.55. The first-order chi connectivity index (χ1) is 9.36. The van der Waals surface area contributed by atoms with Crippen LogP contribution in [0.1, 0.15) is 50.2 Å². The van der Waals surface area contributed by atoms with Gasteiger partial charge in [-0.25, -0.2) is 0 Å². The van der Waals surface area contributed by atoms with E-state index in [9.17, 15) is 0 Å². The van der Waals surface area contributed by atoms with Crippen LogP contribution in [0.15, 0.2) is 24.3 Å². The molecule has 1 nitrogen and oxygen atoms in total. The quantitative estimate of drug-likeness (QED) is 0.267. The van der Waals surface area contributed by atoms with Gasteiger partial charge in [0, 0.05) is 10.8 Å². The molecule has 0 spiro atoms. The maximum absolute atomic E-state index is 5.55. The third-order valence-electron chi connectivity index (χ3n) is 2.90. The Hall–Kier alpha value is -0.530. The molecule has 0 bridgehead atoms. The molecule has 0 aromatic heterocycles. The molecule has 19 heavy (non-hydrogen) atoms. The second-order valence-electron chi connectivity index (χ2n) is 4.61. The lowest BCUT2D eigenvalue weighted by Crippen LogP contribution is -1.93. The van der Waals surface area contributed by atoms with Crippen LogP contribution in [0.25, 0.3) is 0 Å². The Morgan fingerprint density at radius 2 is 1.74 bits per heavy atom. The molecule has 104 valence electrons. The summed E-state index contributed by atoms with van der Waals surface area (Å²) in [6.07, 6.45) is 6.14. The van der Waals surface area contributed by atoms with Crippen molar-refractivity contribution >= 4 is 22.6 Å². The molecule has 0 fully saturated rings. The molecule has 0 saturated carbocycles. The maximum Gasteiger partial charge on any atom is 0.108 e. The summed E-state index contributed by atoms with van der Waals surface area (Å²) in [7, 11) is 0. The highest BCUT2D eigenvalue weighted by atomic mass is 127. The van der Waals surface area contributed by atoms with Crippen LogP contribution < -0.4 is 0 Å². The first-order valence-electron chi connectivity index (χ1n) is 7.04. The van der Waals surface area contributed by atoms with Crippen LogP contribution in [0.3, 0.4) is 0 Å². The third kappa shape index (κ3) is 8.28. The zero-order chi connectivity index (χ0) is 13.8. The first-order valence-corrected chi connectivity index (χ1v) is 8.56. The molecule has 0 radical (unpaired) electrons. The normalized spacial score (nSPS) is 10.0. The number of alkyl halides is 1. The number of benzene rings is 1. The van der Waals surface area contributed by atoms with Crippen molar-refractivity contribution in [2.75, 3.05) is 6.61 Å². The summed E-state index contributed by atoms with van der Waals surface area (Å²) in [5.74, 6) is 6.25. The minimum absolute atomic E-state index is 0.543. The van der Waals surface area contributed by atoms with Crippen molar-refractivity contribution in [3.63, 3.8) is 0 Å². The van der Waals surface area contributed by atoms with Gasteiger partial charge in [0.05, 0.1) is 6.61 Å². The Bertz CT molecular complexity index is 386. The highest BCUT2D eigenvalue weighted by Crippen LogP contribution is 2.08. The van der Waals surface area contributed by atoms with Gasteiger partial charge in [-0.3, -0.25) is 0 Å². The van der Waals surface area contributed by atoms with Crippen LogP contribution in [0.4, 0.5) is 0 Å². The highest BCUT2D eigenvalue weighted by molar-refractivity contribution is 14.1. The molecule has 0 N–H and O–H groups in total. The summed E-state index contributed by atoms with van der Waals surface area (Å²) < 4.78 is 6.60. The Kier molecular flexibility index (Phi) is 9.84. The number of hydrogen-bond donors (Lipinski definition) is 0. The largest absolute Gasteiger partial charge is 0.364 e. The SMILES string of the molecule is CCCCCCC#CCOCc1ccc(CI)cc1. The molecule has 0 heterocycles. The Morgan fingerprint density at radius 1 is 1.00 bits per heavy atom.